The zero-order chi connectivity index (χ0) is 22.6. The number of para-hydroxylation sites is 1. The second kappa shape index (κ2) is 9.49. The number of carbonyl (C=O) groups is 2. The van der Waals surface area contributed by atoms with Crippen LogP contribution in [-0.4, -0.2) is 51.9 Å². The number of hydrogen-bond acceptors (Lipinski definition) is 6. The lowest BCUT2D eigenvalue weighted by Crippen LogP contribution is -2.43. The largest absolute Gasteiger partial charge is 0.495 e. The molecule has 0 unspecified atom stereocenters. The highest BCUT2D eigenvalue weighted by Gasteiger charge is 2.35. The third kappa shape index (κ3) is 4.88. The molecule has 0 aromatic heterocycles. The van der Waals surface area contributed by atoms with Gasteiger partial charge in [0, 0.05) is 13.1 Å². The number of methoxy groups -OCH3 is 2. The van der Waals surface area contributed by atoms with Gasteiger partial charge in [-0.1, -0.05) is 18.2 Å². The first-order chi connectivity index (χ1) is 14.8. The number of esters is 1. The third-order valence-corrected chi connectivity index (χ3v) is 7.17. The number of aryl methyl sites for hydroxylation is 1. The van der Waals surface area contributed by atoms with Gasteiger partial charge in [0.1, 0.15) is 10.6 Å². The van der Waals surface area contributed by atoms with Gasteiger partial charge >= 0.3 is 5.97 Å². The zero-order valence-corrected chi connectivity index (χ0v) is 18.6. The zero-order valence-electron chi connectivity index (χ0n) is 17.8. The molecule has 1 N–H and O–H groups in total. The van der Waals surface area contributed by atoms with Gasteiger partial charge in [0.15, 0.2) is 0 Å². The summed E-state index contributed by atoms with van der Waals surface area (Å²) in [5, 5.41) is 2.75. The van der Waals surface area contributed by atoms with Crippen LogP contribution in [0.4, 0.5) is 5.69 Å². The van der Waals surface area contributed by atoms with Crippen LogP contribution in [0, 0.1) is 12.8 Å². The van der Waals surface area contributed by atoms with Crippen LogP contribution in [0.3, 0.4) is 0 Å². The number of ether oxygens (including phenoxy) is 2. The summed E-state index contributed by atoms with van der Waals surface area (Å²) >= 11 is 0. The van der Waals surface area contributed by atoms with E-state index in [2.05, 4.69) is 5.32 Å². The maximum Gasteiger partial charge on any atom is 0.339 e. The molecular weight excluding hydrogens is 420 g/mol. The van der Waals surface area contributed by atoms with Crippen LogP contribution in [0.15, 0.2) is 47.4 Å². The van der Waals surface area contributed by atoms with Crippen molar-refractivity contribution in [3.05, 3.63) is 53.6 Å². The quantitative estimate of drug-likeness (QED) is 0.685. The number of amides is 1. The van der Waals surface area contributed by atoms with Crippen LogP contribution in [0.5, 0.6) is 5.75 Å². The first-order valence-corrected chi connectivity index (χ1v) is 11.3. The van der Waals surface area contributed by atoms with Crippen molar-refractivity contribution < 1.29 is 27.5 Å². The summed E-state index contributed by atoms with van der Waals surface area (Å²) in [6.07, 6.45) is 1.09. The standard InChI is InChI=1S/C22H26N2O6S/c1-15-10-11-19(29-2)20(13-15)31(27,28)24-12-6-7-16(14-24)21(25)23-18-9-5-4-8-17(18)22(26)30-3/h4-5,8-11,13,16H,6-7,12,14H2,1-3H3,(H,23,25)/t16-/m0/s1. The van der Waals surface area contributed by atoms with E-state index < -0.39 is 21.9 Å². The molecule has 1 saturated heterocycles. The molecule has 1 atom stereocenters. The molecule has 0 bridgehead atoms. The van der Waals surface area contributed by atoms with Gasteiger partial charge in [0.05, 0.1) is 31.4 Å². The Hall–Kier alpha value is -2.91. The normalized spacial score (nSPS) is 17.1. The highest BCUT2D eigenvalue weighted by molar-refractivity contribution is 7.89. The van der Waals surface area contributed by atoms with E-state index in [-0.39, 0.29) is 28.7 Å². The van der Waals surface area contributed by atoms with Crippen LogP contribution in [0.25, 0.3) is 0 Å². The minimum Gasteiger partial charge on any atom is -0.495 e. The van der Waals surface area contributed by atoms with E-state index >= 15 is 0 Å². The molecule has 1 aliphatic rings. The number of carbonyl (C=O) groups excluding carboxylic acids is 2. The molecule has 3 rings (SSSR count). The predicted octanol–water partition coefficient (Wildman–Crippen LogP) is 2.83. The van der Waals surface area contributed by atoms with Crippen molar-refractivity contribution in [3.63, 3.8) is 0 Å². The summed E-state index contributed by atoms with van der Waals surface area (Å²) in [7, 11) is -1.14. The van der Waals surface area contributed by atoms with E-state index in [1.54, 1.807) is 42.5 Å². The average Bonchev–Trinajstić information content (AvgIpc) is 2.79. The summed E-state index contributed by atoms with van der Waals surface area (Å²) < 4.78 is 37.9. The molecule has 0 saturated carbocycles. The van der Waals surface area contributed by atoms with Gasteiger partial charge in [-0.25, -0.2) is 13.2 Å². The van der Waals surface area contributed by atoms with Gasteiger partial charge in [-0.15, -0.1) is 0 Å². The maximum absolute atomic E-state index is 13.3. The van der Waals surface area contributed by atoms with Gasteiger partial charge in [0.2, 0.25) is 15.9 Å². The van der Waals surface area contributed by atoms with Crippen molar-refractivity contribution in [1.29, 1.82) is 0 Å². The Balaban J connectivity index is 1.80. The van der Waals surface area contributed by atoms with Crippen molar-refractivity contribution in [2.45, 2.75) is 24.7 Å². The van der Waals surface area contributed by atoms with Crippen LogP contribution in [0.1, 0.15) is 28.8 Å². The smallest absolute Gasteiger partial charge is 0.339 e. The minimum atomic E-state index is -3.84. The van der Waals surface area contributed by atoms with E-state index in [9.17, 15) is 18.0 Å². The molecule has 1 aliphatic heterocycles. The molecule has 1 heterocycles. The Morgan fingerprint density at radius 3 is 2.58 bits per heavy atom. The fourth-order valence-corrected chi connectivity index (χ4v) is 5.38. The molecule has 0 aliphatic carbocycles. The number of hydrogen-bond donors (Lipinski definition) is 1. The number of piperidine rings is 1. The fraction of sp³-hybridized carbons (Fsp3) is 0.364. The van der Waals surface area contributed by atoms with Crippen molar-refractivity contribution in [1.82, 2.24) is 4.31 Å². The molecule has 166 valence electrons. The van der Waals surface area contributed by atoms with E-state index in [0.29, 0.717) is 25.1 Å². The Morgan fingerprint density at radius 1 is 1.13 bits per heavy atom. The van der Waals surface area contributed by atoms with Gasteiger partial charge in [-0.2, -0.15) is 4.31 Å². The van der Waals surface area contributed by atoms with E-state index in [1.165, 1.54) is 18.5 Å². The van der Waals surface area contributed by atoms with E-state index in [0.717, 1.165) is 5.56 Å². The van der Waals surface area contributed by atoms with Gasteiger partial charge in [-0.3, -0.25) is 4.79 Å². The van der Waals surface area contributed by atoms with Crippen LogP contribution < -0.4 is 10.1 Å². The first-order valence-electron chi connectivity index (χ1n) is 9.91. The van der Waals surface area contributed by atoms with E-state index in [4.69, 9.17) is 9.47 Å². The lowest BCUT2D eigenvalue weighted by molar-refractivity contribution is -0.120. The summed E-state index contributed by atoms with van der Waals surface area (Å²) in [6.45, 7) is 2.18. The molecule has 9 heteroatoms. The number of sulfonamides is 1. The van der Waals surface area contributed by atoms with Crippen molar-refractivity contribution >= 4 is 27.6 Å². The molecule has 31 heavy (non-hydrogen) atoms. The lowest BCUT2D eigenvalue weighted by Gasteiger charge is -2.31. The molecule has 0 spiro atoms. The van der Waals surface area contributed by atoms with Crippen molar-refractivity contribution in [2.24, 2.45) is 5.92 Å². The molecule has 1 fully saturated rings. The highest BCUT2D eigenvalue weighted by atomic mass is 32.2. The number of nitrogens with one attached hydrogen (secondary N) is 1. The van der Waals surface area contributed by atoms with Crippen LogP contribution in [0.2, 0.25) is 0 Å². The van der Waals surface area contributed by atoms with Gasteiger partial charge in [-0.05, 0) is 49.6 Å². The fourth-order valence-electron chi connectivity index (χ4n) is 3.61. The number of benzene rings is 2. The van der Waals surface area contributed by atoms with E-state index in [1.807, 2.05) is 6.92 Å². The molecular formula is C22H26N2O6S. The average molecular weight is 447 g/mol. The lowest BCUT2D eigenvalue weighted by atomic mass is 9.98. The minimum absolute atomic E-state index is 0.0473. The monoisotopic (exact) mass is 446 g/mol. The molecule has 2 aromatic rings. The summed E-state index contributed by atoms with van der Waals surface area (Å²) in [4.78, 5) is 24.9. The molecule has 8 nitrogen and oxygen atoms in total. The number of rotatable bonds is 6. The van der Waals surface area contributed by atoms with Crippen LogP contribution in [-0.2, 0) is 19.6 Å². The Labute approximate surface area is 182 Å². The number of anilines is 1. The number of nitrogens with zero attached hydrogens (tertiary/aromatic N) is 1. The highest BCUT2D eigenvalue weighted by Crippen LogP contribution is 2.31. The summed E-state index contributed by atoms with van der Waals surface area (Å²) in [5.41, 5.74) is 1.37. The SMILES string of the molecule is COC(=O)c1ccccc1NC(=O)[C@H]1CCCN(S(=O)(=O)c2cc(C)ccc2OC)C1. The first kappa shape index (κ1) is 22.8. The van der Waals surface area contributed by atoms with Gasteiger partial charge < -0.3 is 14.8 Å². The van der Waals surface area contributed by atoms with Gasteiger partial charge in [0.25, 0.3) is 0 Å². The topological polar surface area (TPSA) is 102 Å². The molecule has 0 radical (unpaired) electrons. The predicted molar refractivity (Wildman–Crippen MR) is 116 cm³/mol. The maximum atomic E-state index is 13.3. The Morgan fingerprint density at radius 2 is 1.87 bits per heavy atom. The molecule has 2 aromatic carbocycles. The summed E-state index contributed by atoms with van der Waals surface area (Å²) in [6, 6.07) is 11.5. The Bertz CT molecular complexity index is 1080. The molecule has 1 amide bonds. The van der Waals surface area contributed by atoms with Crippen molar-refractivity contribution in [3.8, 4) is 5.75 Å². The summed E-state index contributed by atoms with van der Waals surface area (Å²) in [5.74, 6) is -1.18. The second-order valence-corrected chi connectivity index (χ2v) is 9.29. The second-order valence-electron chi connectivity index (χ2n) is 7.38. The van der Waals surface area contributed by atoms with Crippen molar-refractivity contribution in [2.75, 3.05) is 32.6 Å². The third-order valence-electron chi connectivity index (χ3n) is 5.28. The Kier molecular flexibility index (Phi) is 6.97. The van der Waals surface area contributed by atoms with Crippen LogP contribution >= 0.6 is 0 Å².